The summed E-state index contributed by atoms with van der Waals surface area (Å²) in [5.41, 5.74) is 2.34. The summed E-state index contributed by atoms with van der Waals surface area (Å²) in [6, 6.07) is 24.2. The number of benzene rings is 2. The summed E-state index contributed by atoms with van der Waals surface area (Å²) in [6.07, 6.45) is 1.45. The van der Waals surface area contributed by atoms with Crippen LogP contribution in [0.25, 0.3) is 10.6 Å². The molecule has 2 amide bonds. The lowest BCUT2D eigenvalue weighted by Gasteiger charge is -2.17. The smallest absolute Gasteiger partial charge is 0.291 e. The Labute approximate surface area is 214 Å². The first kappa shape index (κ1) is 23.1. The largest absolute Gasteiger partial charge is 0.459 e. The number of carbonyl (C=O) groups excluding carboxylic acids is 2. The fourth-order valence-corrected chi connectivity index (χ4v) is 5.88. The van der Waals surface area contributed by atoms with Gasteiger partial charge in [-0.2, -0.15) is 0 Å². The molecule has 0 aliphatic rings. The highest BCUT2D eigenvalue weighted by Gasteiger charge is 2.23. The first-order valence-corrected chi connectivity index (χ1v) is 13.3. The van der Waals surface area contributed by atoms with Crippen molar-refractivity contribution in [3.63, 3.8) is 0 Å². The van der Waals surface area contributed by atoms with Crippen molar-refractivity contribution in [1.82, 2.24) is 4.98 Å². The van der Waals surface area contributed by atoms with Gasteiger partial charge in [0, 0.05) is 16.0 Å². The number of hydrogen-bond acceptors (Lipinski definition) is 7. The van der Waals surface area contributed by atoms with Crippen molar-refractivity contribution >= 4 is 57.1 Å². The second kappa shape index (κ2) is 10.7. The Kier molecular flexibility index (Phi) is 7.08. The maximum atomic E-state index is 13.4. The average Bonchev–Trinajstić information content (AvgIpc) is 3.66. The highest BCUT2D eigenvalue weighted by molar-refractivity contribution is 8.00. The minimum atomic E-state index is -0.513. The van der Waals surface area contributed by atoms with E-state index in [0.29, 0.717) is 10.8 Å². The SMILES string of the molecule is O=C(Nc1cccc(SC(C(=O)Nc2nc(-c3cccs3)cs2)c2ccccc2)c1)c1ccco1. The van der Waals surface area contributed by atoms with E-state index in [2.05, 4.69) is 15.6 Å². The molecule has 6 nitrogen and oxygen atoms in total. The molecule has 1 unspecified atom stereocenters. The number of carbonyl (C=O) groups is 2. The highest BCUT2D eigenvalue weighted by atomic mass is 32.2. The normalized spacial score (nSPS) is 11.7. The van der Waals surface area contributed by atoms with Gasteiger partial charge in [0.15, 0.2) is 10.9 Å². The number of nitrogens with one attached hydrogen (secondary N) is 2. The molecule has 3 aromatic heterocycles. The van der Waals surface area contributed by atoms with Gasteiger partial charge in [0.25, 0.3) is 5.91 Å². The molecule has 0 bridgehead atoms. The summed E-state index contributed by atoms with van der Waals surface area (Å²) >= 11 is 4.41. The molecule has 174 valence electrons. The molecule has 0 spiro atoms. The second-order valence-electron chi connectivity index (χ2n) is 7.37. The van der Waals surface area contributed by atoms with Crippen LogP contribution in [0.15, 0.2) is 105 Å². The van der Waals surface area contributed by atoms with Crippen molar-refractivity contribution in [1.29, 1.82) is 0 Å². The number of rotatable bonds is 8. The molecule has 0 saturated carbocycles. The molecule has 0 saturated heterocycles. The molecule has 5 rings (SSSR count). The van der Waals surface area contributed by atoms with Crippen molar-refractivity contribution in [2.24, 2.45) is 0 Å². The Morgan fingerprint density at radius 2 is 1.80 bits per heavy atom. The van der Waals surface area contributed by atoms with Crippen LogP contribution < -0.4 is 10.6 Å². The molecule has 3 heterocycles. The zero-order chi connectivity index (χ0) is 24.0. The number of anilines is 2. The molecule has 1 atom stereocenters. The van der Waals surface area contributed by atoms with E-state index in [-0.39, 0.29) is 17.6 Å². The third kappa shape index (κ3) is 5.71. The molecule has 5 aromatic rings. The number of aromatic nitrogens is 1. The fourth-order valence-electron chi connectivity index (χ4n) is 3.32. The topological polar surface area (TPSA) is 84.2 Å². The average molecular weight is 518 g/mol. The zero-order valence-corrected chi connectivity index (χ0v) is 20.7. The summed E-state index contributed by atoms with van der Waals surface area (Å²) in [6.45, 7) is 0. The van der Waals surface area contributed by atoms with Crippen LogP contribution in [0.3, 0.4) is 0 Å². The Morgan fingerprint density at radius 1 is 0.914 bits per heavy atom. The van der Waals surface area contributed by atoms with E-state index in [4.69, 9.17) is 4.42 Å². The lowest BCUT2D eigenvalue weighted by atomic mass is 10.1. The molecular formula is C26H19N3O3S3. The van der Waals surface area contributed by atoms with Gasteiger partial charge in [-0.1, -0.05) is 42.5 Å². The number of thioether (sulfide) groups is 1. The van der Waals surface area contributed by atoms with Crippen LogP contribution in [-0.2, 0) is 4.79 Å². The van der Waals surface area contributed by atoms with E-state index in [1.807, 2.05) is 71.4 Å². The molecule has 0 aliphatic carbocycles. The summed E-state index contributed by atoms with van der Waals surface area (Å²) in [4.78, 5) is 32.2. The highest BCUT2D eigenvalue weighted by Crippen LogP contribution is 2.38. The quantitative estimate of drug-likeness (QED) is 0.213. The van der Waals surface area contributed by atoms with Gasteiger partial charge < -0.3 is 15.1 Å². The van der Waals surface area contributed by atoms with E-state index < -0.39 is 5.25 Å². The summed E-state index contributed by atoms with van der Waals surface area (Å²) < 4.78 is 5.16. The third-order valence-electron chi connectivity index (χ3n) is 4.94. The van der Waals surface area contributed by atoms with Gasteiger partial charge in [0.2, 0.25) is 5.91 Å². The van der Waals surface area contributed by atoms with Crippen LogP contribution in [0.1, 0.15) is 21.4 Å². The first-order chi connectivity index (χ1) is 17.2. The third-order valence-corrected chi connectivity index (χ3v) is 7.84. The lowest BCUT2D eigenvalue weighted by Crippen LogP contribution is -2.19. The van der Waals surface area contributed by atoms with Crippen molar-refractivity contribution in [2.75, 3.05) is 10.6 Å². The fraction of sp³-hybridized carbons (Fsp3) is 0.0385. The Bertz CT molecular complexity index is 1410. The van der Waals surface area contributed by atoms with Crippen molar-refractivity contribution in [2.45, 2.75) is 10.1 Å². The minimum absolute atomic E-state index is 0.168. The van der Waals surface area contributed by atoms with Crippen LogP contribution >= 0.6 is 34.4 Å². The van der Waals surface area contributed by atoms with Gasteiger partial charge in [-0.15, -0.1) is 34.4 Å². The van der Waals surface area contributed by atoms with Crippen molar-refractivity contribution < 1.29 is 14.0 Å². The molecule has 2 aromatic carbocycles. The zero-order valence-electron chi connectivity index (χ0n) is 18.2. The van der Waals surface area contributed by atoms with E-state index in [9.17, 15) is 9.59 Å². The summed E-state index contributed by atoms with van der Waals surface area (Å²) in [5.74, 6) is -0.270. The van der Waals surface area contributed by atoms with Crippen molar-refractivity contribution in [3.8, 4) is 10.6 Å². The minimum Gasteiger partial charge on any atom is -0.459 e. The maximum Gasteiger partial charge on any atom is 0.291 e. The first-order valence-electron chi connectivity index (χ1n) is 10.6. The lowest BCUT2D eigenvalue weighted by molar-refractivity contribution is -0.115. The summed E-state index contributed by atoms with van der Waals surface area (Å²) in [5, 5.41) is 9.79. The molecule has 0 aliphatic heterocycles. The number of hydrogen-bond donors (Lipinski definition) is 2. The van der Waals surface area contributed by atoms with Gasteiger partial charge in [-0.05, 0) is 47.3 Å². The van der Waals surface area contributed by atoms with Gasteiger partial charge >= 0.3 is 0 Å². The molecule has 35 heavy (non-hydrogen) atoms. The van der Waals surface area contributed by atoms with E-state index in [0.717, 1.165) is 21.0 Å². The van der Waals surface area contributed by atoms with Crippen molar-refractivity contribution in [3.05, 3.63) is 107 Å². The van der Waals surface area contributed by atoms with Crippen LogP contribution in [-0.4, -0.2) is 16.8 Å². The summed E-state index contributed by atoms with van der Waals surface area (Å²) in [7, 11) is 0. The molecular weight excluding hydrogens is 499 g/mol. The Hall–Kier alpha value is -3.66. The number of nitrogens with zero attached hydrogens (tertiary/aromatic N) is 1. The predicted octanol–water partition coefficient (Wildman–Crippen LogP) is 7.19. The Morgan fingerprint density at radius 3 is 2.57 bits per heavy atom. The van der Waals surface area contributed by atoms with Gasteiger partial charge in [0.05, 0.1) is 16.8 Å². The molecule has 2 N–H and O–H groups in total. The maximum absolute atomic E-state index is 13.4. The number of thiophene rings is 1. The molecule has 9 heteroatoms. The van der Waals surface area contributed by atoms with Gasteiger partial charge in [-0.3, -0.25) is 9.59 Å². The van der Waals surface area contributed by atoms with E-state index in [1.54, 1.807) is 29.5 Å². The number of thiazole rings is 1. The van der Waals surface area contributed by atoms with Gasteiger partial charge in [-0.25, -0.2) is 4.98 Å². The van der Waals surface area contributed by atoms with Crippen LogP contribution in [0.4, 0.5) is 10.8 Å². The standard InChI is InChI=1S/C26H19N3O3S3/c30-24(21-11-5-13-32-21)27-18-9-4-10-19(15-18)35-23(17-7-2-1-3-8-17)25(31)29-26-28-20(16-34-26)22-12-6-14-33-22/h1-16,23H,(H,27,30)(H,28,29,31). The van der Waals surface area contributed by atoms with Crippen LogP contribution in [0.2, 0.25) is 0 Å². The van der Waals surface area contributed by atoms with E-state index in [1.165, 1.54) is 29.4 Å². The Balaban J connectivity index is 1.34. The number of furan rings is 1. The van der Waals surface area contributed by atoms with Crippen LogP contribution in [0.5, 0.6) is 0 Å². The predicted molar refractivity (Wildman–Crippen MR) is 142 cm³/mol. The number of amides is 2. The molecule has 0 fully saturated rings. The van der Waals surface area contributed by atoms with E-state index >= 15 is 0 Å². The van der Waals surface area contributed by atoms with Crippen LogP contribution in [0, 0.1) is 0 Å². The monoisotopic (exact) mass is 517 g/mol. The molecule has 0 radical (unpaired) electrons. The second-order valence-corrected chi connectivity index (χ2v) is 10.4. The van der Waals surface area contributed by atoms with Gasteiger partial charge in [0.1, 0.15) is 5.25 Å².